The van der Waals surface area contributed by atoms with Crippen molar-refractivity contribution in [3.05, 3.63) is 29.8 Å². The Kier molecular flexibility index (Phi) is 4.73. The van der Waals surface area contributed by atoms with Gasteiger partial charge in [-0.3, -0.25) is 9.58 Å². The summed E-state index contributed by atoms with van der Waals surface area (Å²) in [5, 5.41) is 23.9. The van der Waals surface area contributed by atoms with E-state index in [2.05, 4.69) is 54.1 Å². The lowest BCUT2D eigenvalue weighted by Crippen LogP contribution is -2.46. The van der Waals surface area contributed by atoms with Gasteiger partial charge in [-0.1, -0.05) is 5.21 Å². The van der Waals surface area contributed by atoms with E-state index in [1.165, 1.54) is 5.69 Å². The molecule has 0 saturated carbocycles. The number of nitrogens with zero attached hydrogens (tertiary/aromatic N) is 6. The predicted octanol–water partition coefficient (Wildman–Crippen LogP) is 2.12. The summed E-state index contributed by atoms with van der Waals surface area (Å²) in [6.45, 7) is 10.7. The predicted molar refractivity (Wildman–Crippen MR) is 91.4 cm³/mol. The van der Waals surface area contributed by atoms with Crippen LogP contribution in [0, 0.1) is 0 Å². The number of likely N-dealkylation sites (tertiary alicyclic amines) is 1. The molecule has 2 aromatic rings. The molecule has 0 bridgehead atoms. The molecule has 1 atom stereocenters. The third-order valence-electron chi connectivity index (χ3n) is 4.69. The molecule has 1 aliphatic heterocycles. The highest BCUT2D eigenvalue weighted by Gasteiger charge is 2.37. The highest BCUT2D eigenvalue weighted by atomic mass is 16.3. The maximum Gasteiger partial charge on any atom is 0.123 e. The van der Waals surface area contributed by atoms with Gasteiger partial charge >= 0.3 is 0 Å². The number of hydrogen-bond acceptors (Lipinski definition) is 5. The third kappa shape index (κ3) is 3.37. The minimum Gasteiger partial charge on any atom is -0.382 e. The minimum atomic E-state index is -0.923. The van der Waals surface area contributed by atoms with E-state index in [0.29, 0.717) is 18.3 Å². The Morgan fingerprint density at radius 1 is 1.25 bits per heavy atom. The SMILES string of the molecule is CC(C)n1cc([C@]2(O)CCCN(Cc3ccnn3C(C)C)C2)nn1. The summed E-state index contributed by atoms with van der Waals surface area (Å²) < 4.78 is 3.85. The lowest BCUT2D eigenvalue weighted by molar-refractivity contribution is -0.0421. The maximum absolute atomic E-state index is 11.1. The molecule has 3 heterocycles. The smallest absolute Gasteiger partial charge is 0.123 e. The Morgan fingerprint density at radius 3 is 2.71 bits per heavy atom. The van der Waals surface area contributed by atoms with Gasteiger partial charge < -0.3 is 5.11 Å². The van der Waals surface area contributed by atoms with Gasteiger partial charge in [-0.2, -0.15) is 5.10 Å². The highest BCUT2D eigenvalue weighted by molar-refractivity contribution is 5.11. The van der Waals surface area contributed by atoms with Gasteiger partial charge in [0, 0.05) is 31.4 Å². The van der Waals surface area contributed by atoms with Crippen molar-refractivity contribution >= 4 is 0 Å². The van der Waals surface area contributed by atoms with Gasteiger partial charge in [-0.05, 0) is 53.1 Å². The molecule has 0 radical (unpaired) electrons. The summed E-state index contributed by atoms with van der Waals surface area (Å²) in [6.07, 6.45) is 5.40. The molecular formula is C17H28N6O. The number of piperidine rings is 1. The first-order valence-corrected chi connectivity index (χ1v) is 8.78. The first-order valence-electron chi connectivity index (χ1n) is 8.78. The van der Waals surface area contributed by atoms with Crippen LogP contribution < -0.4 is 0 Å². The summed E-state index contributed by atoms with van der Waals surface area (Å²) in [6, 6.07) is 2.64. The standard InChI is InChI=1S/C17H28N6O/c1-13(2)22-11-16(19-20-22)17(24)7-5-9-21(12-17)10-15-6-8-18-23(15)14(3)4/h6,8,11,13-14,24H,5,7,9-10,12H2,1-4H3/t17-/m0/s1. The first-order chi connectivity index (χ1) is 11.4. The zero-order chi connectivity index (χ0) is 17.3. The first kappa shape index (κ1) is 17.1. The zero-order valence-corrected chi connectivity index (χ0v) is 15.1. The Hall–Kier alpha value is -1.73. The van der Waals surface area contributed by atoms with E-state index in [-0.39, 0.29) is 6.04 Å². The number of rotatable bonds is 5. The van der Waals surface area contributed by atoms with Crippen LogP contribution in [-0.2, 0) is 12.1 Å². The van der Waals surface area contributed by atoms with Gasteiger partial charge in [-0.25, -0.2) is 4.68 Å². The summed E-state index contributed by atoms with van der Waals surface area (Å²) >= 11 is 0. The van der Waals surface area contributed by atoms with Crippen molar-refractivity contribution in [2.24, 2.45) is 0 Å². The molecule has 132 valence electrons. The number of hydrogen-bond donors (Lipinski definition) is 1. The fraction of sp³-hybridized carbons (Fsp3) is 0.706. The van der Waals surface area contributed by atoms with Gasteiger partial charge in [0.05, 0.1) is 11.9 Å². The lowest BCUT2D eigenvalue weighted by Gasteiger charge is -2.38. The van der Waals surface area contributed by atoms with Gasteiger partial charge in [0.25, 0.3) is 0 Å². The molecule has 1 N–H and O–H groups in total. The van der Waals surface area contributed by atoms with E-state index in [1.807, 2.05) is 17.1 Å². The average molecular weight is 332 g/mol. The molecular weight excluding hydrogens is 304 g/mol. The van der Waals surface area contributed by atoms with E-state index >= 15 is 0 Å². The molecule has 7 heteroatoms. The van der Waals surface area contributed by atoms with E-state index in [1.54, 1.807) is 4.68 Å². The monoisotopic (exact) mass is 332 g/mol. The van der Waals surface area contributed by atoms with Gasteiger partial charge in [0.2, 0.25) is 0 Å². The van der Waals surface area contributed by atoms with Crippen molar-refractivity contribution in [1.82, 2.24) is 29.7 Å². The molecule has 3 rings (SSSR count). The second-order valence-electron chi connectivity index (χ2n) is 7.38. The third-order valence-corrected chi connectivity index (χ3v) is 4.69. The highest BCUT2D eigenvalue weighted by Crippen LogP contribution is 2.31. The summed E-state index contributed by atoms with van der Waals surface area (Å²) in [4.78, 5) is 2.29. The Balaban J connectivity index is 1.74. The number of aromatic nitrogens is 5. The van der Waals surface area contributed by atoms with Crippen molar-refractivity contribution in [3.8, 4) is 0 Å². The van der Waals surface area contributed by atoms with Crippen molar-refractivity contribution in [1.29, 1.82) is 0 Å². The minimum absolute atomic E-state index is 0.245. The summed E-state index contributed by atoms with van der Waals surface area (Å²) in [7, 11) is 0. The van der Waals surface area contributed by atoms with Gasteiger partial charge in [0.1, 0.15) is 11.3 Å². The largest absolute Gasteiger partial charge is 0.382 e. The number of aliphatic hydroxyl groups is 1. The summed E-state index contributed by atoms with van der Waals surface area (Å²) in [5.41, 5.74) is 0.937. The average Bonchev–Trinajstić information content (AvgIpc) is 3.16. The Morgan fingerprint density at radius 2 is 2.04 bits per heavy atom. The Bertz CT molecular complexity index is 676. The molecule has 1 saturated heterocycles. The van der Waals surface area contributed by atoms with Gasteiger partial charge in [0.15, 0.2) is 0 Å². The van der Waals surface area contributed by atoms with Crippen LogP contribution in [0.5, 0.6) is 0 Å². The van der Waals surface area contributed by atoms with Crippen LogP contribution in [0.2, 0.25) is 0 Å². The van der Waals surface area contributed by atoms with E-state index in [4.69, 9.17) is 0 Å². The summed E-state index contributed by atoms with van der Waals surface area (Å²) in [5.74, 6) is 0. The fourth-order valence-electron chi connectivity index (χ4n) is 3.37. The van der Waals surface area contributed by atoms with Crippen LogP contribution in [-0.4, -0.2) is 47.9 Å². The molecule has 0 spiro atoms. The van der Waals surface area contributed by atoms with E-state index in [0.717, 1.165) is 25.9 Å². The molecule has 7 nitrogen and oxygen atoms in total. The molecule has 0 aromatic carbocycles. The van der Waals surface area contributed by atoms with Crippen LogP contribution in [0.25, 0.3) is 0 Å². The second-order valence-corrected chi connectivity index (χ2v) is 7.38. The van der Waals surface area contributed by atoms with Crippen LogP contribution >= 0.6 is 0 Å². The zero-order valence-electron chi connectivity index (χ0n) is 15.1. The van der Waals surface area contributed by atoms with Crippen molar-refractivity contribution in [2.75, 3.05) is 13.1 Å². The van der Waals surface area contributed by atoms with Crippen LogP contribution in [0.4, 0.5) is 0 Å². The lowest BCUT2D eigenvalue weighted by atomic mass is 9.90. The molecule has 1 fully saturated rings. The normalized spacial score (nSPS) is 22.6. The van der Waals surface area contributed by atoms with Crippen molar-refractivity contribution in [3.63, 3.8) is 0 Å². The van der Waals surface area contributed by atoms with E-state index < -0.39 is 5.60 Å². The Labute approximate surface area is 143 Å². The molecule has 1 aliphatic rings. The van der Waals surface area contributed by atoms with Crippen molar-refractivity contribution < 1.29 is 5.11 Å². The molecule has 0 aliphatic carbocycles. The van der Waals surface area contributed by atoms with Crippen LogP contribution in [0.15, 0.2) is 18.5 Å². The fourth-order valence-corrected chi connectivity index (χ4v) is 3.37. The molecule has 0 unspecified atom stereocenters. The number of β-amino-alcohol motifs (C(OH)–C–C–N with tert-alkyl or cyclic N) is 1. The quantitative estimate of drug-likeness (QED) is 0.908. The van der Waals surface area contributed by atoms with Crippen molar-refractivity contribution in [2.45, 2.75) is 64.8 Å². The topological polar surface area (TPSA) is 72.0 Å². The van der Waals surface area contributed by atoms with Crippen LogP contribution in [0.3, 0.4) is 0 Å². The molecule has 0 amide bonds. The van der Waals surface area contributed by atoms with Crippen LogP contribution in [0.1, 0.15) is 64.0 Å². The molecule has 24 heavy (non-hydrogen) atoms. The second kappa shape index (κ2) is 6.64. The molecule has 2 aromatic heterocycles. The maximum atomic E-state index is 11.1. The van der Waals surface area contributed by atoms with E-state index in [9.17, 15) is 5.11 Å². The van der Waals surface area contributed by atoms with Gasteiger partial charge in [-0.15, -0.1) is 5.10 Å².